The first-order valence-corrected chi connectivity index (χ1v) is 9.58. The summed E-state index contributed by atoms with van der Waals surface area (Å²) in [6, 6.07) is 8.26. The van der Waals surface area contributed by atoms with Crippen molar-refractivity contribution in [1.82, 2.24) is 19.2 Å². The van der Waals surface area contributed by atoms with Crippen LogP contribution < -0.4 is 4.74 Å². The molecule has 2 aromatic heterocycles. The van der Waals surface area contributed by atoms with Crippen LogP contribution in [0.25, 0.3) is 16.8 Å². The predicted octanol–water partition coefficient (Wildman–Crippen LogP) is 3.01. The number of aromatic nitrogens is 2. The van der Waals surface area contributed by atoms with Crippen molar-refractivity contribution in [3.63, 3.8) is 0 Å². The van der Waals surface area contributed by atoms with Gasteiger partial charge in [-0.15, -0.1) is 0 Å². The lowest BCUT2D eigenvalue weighted by atomic mass is 10.0. The Morgan fingerprint density at radius 2 is 1.68 bits per heavy atom. The van der Waals surface area contributed by atoms with Crippen molar-refractivity contribution in [2.75, 3.05) is 40.3 Å². The molecule has 6 heteroatoms. The van der Waals surface area contributed by atoms with E-state index >= 15 is 0 Å². The van der Waals surface area contributed by atoms with Crippen molar-refractivity contribution >= 4 is 11.6 Å². The summed E-state index contributed by atoms with van der Waals surface area (Å²) in [6.45, 7) is 7.41. The van der Waals surface area contributed by atoms with E-state index in [9.17, 15) is 4.79 Å². The van der Waals surface area contributed by atoms with E-state index in [-0.39, 0.29) is 5.91 Å². The molecule has 0 spiro atoms. The van der Waals surface area contributed by atoms with Crippen molar-refractivity contribution in [3.8, 4) is 16.9 Å². The summed E-state index contributed by atoms with van der Waals surface area (Å²) in [5, 5.41) is 0. The Labute approximate surface area is 165 Å². The second-order valence-corrected chi connectivity index (χ2v) is 7.55. The first kappa shape index (κ1) is 18.5. The van der Waals surface area contributed by atoms with Crippen molar-refractivity contribution in [2.45, 2.75) is 13.8 Å². The number of amides is 1. The summed E-state index contributed by atoms with van der Waals surface area (Å²) in [4.78, 5) is 21.5. The third kappa shape index (κ3) is 3.36. The normalized spacial score (nSPS) is 15.2. The van der Waals surface area contributed by atoms with Gasteiger partial charge >= 0.3 is 0 Å². The van der Waals surface area contributed by atoms with Gasteiger partial charge in [-0.3, -0.25) is 4.79 Å². The van der Waals surface area contributed by atoms with Crippen LogP contribution in [0.2, 0.25) is 0 Å². The number of imidazole rings is 1. The van der Waals surface area contributed by atoms with Crippen LogP contribution in [0.15, 0.2) is 36.7 Å². The average molecular weight is 378 g/mol. The van der Waals surface area contributed by atoms with Crippen molar-refractivity contribution in [2.24, 2.45) is 0 Å². The average Bonchev–Trinajstić information content (AvgIpc) is 3.11. The van der Waals surface area contributed by atoms with Crippen LogP contribution in [-0.2, 0) is 0 Å². The molecule has 1 fully saturated rings. The van der Waals surface area contributed by atoms with Crippen molar-refractivity contribution < 1.29 is 9.53 Å². The highest BCUT2D eigenvalue weighted by Crippen LogP contribution is 2.30. The molecule has 0 radical (unpaired) electrons. The van der Waals surface area contributed by atoms with Gasteiger partial charge in [-0.2, -0.15) is 0 Å². The molecule has 0 aliphatic carbocycles. The van der Waals surface area contributed by atoms with Gasteiger partial charge in [-0.1, -0.05) is 0 Å². The minimum absolute atomic E-state index is 0.00878. The number of piperazine rings is 1. The number of carbonyl (C=O) groups is 1. The lowest BCUT2D eigenvalue weighted by Gasteiger charge is -2.31. The lowest BCUT2D eigenvalue weighted by molar-refractivity contribution is 0.0659. The van der Waals surface area contributed by atoms with Crippen LogP contribution in [0, 0.1) is 13.8 Å². The van der Waals surface area contributed by atoms with E-state index in [1.54, 1.807) is 7.11 Å². The molecule has 146 valence electrons. The Balaban J connectivity index is 1.64. The smallest absolute Gasteiger partial charge is 0.274 e. The van der Waals surface area contributed by atoms with Gasteiger partial charge < -0.3 is 18.9 Å². The van der Waals surface area contributed by atoms with Gasteiger partial charge in [0.2, 0.25) is 0 Å². The topological polar surface area (TPSA) is 50.1 Å². The third-order valence-electron chi connectivity index (χ3n) is 5.46. The fourth-order valence-corrected chi connectivity index (χ4v) is 3.88. The largest absolute Gasteiger partial charge is 0.496 e. The molecule has 0 saturated carbocycles. The van der Waals surface area contributed by atoms with Gasteiger partial charge in [0.1, 0.15) is 17.1 Å². The van der Waals surface area contributed by atoms with Crippen LogP contribution in [0.1, 0.15) is 21.6 Å². The summed E-state index contributed by atoms with van der Waals surface area (Å²) >= 11 is 0. The Bertz CT molecular complexity index is 1010. The number of aryl methyl sites for hydroxylation is 2. The number of hydrogen-bond acceptors (Lipinski definition) is 4. The first-order valence-electron chi connectivity index (χ1n) is 9.58. The summed E-state index contributed by atoms with van der Waals surface area (Å²) in [6.07, 6.45) is 3.87. The molecule has 0 N–H and O–H groups in total. The number of carbonyl (C=O) groups excluding carboxylic acids is 1. The number of pyridine rings is 1. The van der Waals surface area contributed by atoms with Gasteiger partial charge in [-0.25, -0.2) is 4.98 Å². The van der Waals surface area contributed by atoms with Gasteiger partial charge in [0, 0.05) is 38.6 Å². The van der Waals surface area contributed by atoms with Crippen LogP contribution >= 0.6 is 0 Å². The highest BCUT2D eigenvalue weighted by molar-refractivity contribution is 5.93. The van der Waals surface area contributed by atoms with E-state index in [4.69, 9.17) is 4.74 Å². The molecule has 3 aromatic rings. The number of rotatable bonds is 3. The molecule has 1 amide bonds. The van der Waals surface area contributed by atoms with E-state index in [2.05, 4.69) is 42.9 Å². The minimum Gasteiger partial charge on any atom is -0.496 e. The maximum Gasteiger partial charge on any atom is 0.274 e. The molecule has 6 nitrogen and oxygen atoms in total. The highest BCUT2D eigenvalue weighted by atomic mass is 16.5. The fraction of sp³-hybridized carbons (Fsp3) is 0.364. The molecule has 1 aromatic carbocycles. The van der Waals surface area contributed by atoms with Gasteiger partial charge in [0.05, 0.1) is 7.11 Å². The number of fused-ring (bicyclic) bond motifs is 1. The standard InChI is InChI=1S/C22H26N4O2/c1-15-11-18(12-16(2)21(15)28-4)17-5-6-20-23-19(14-26(20)13-17)22(27)25-9-7-24(3)8-10-25/h5-6,11-14H,7-10H2,1-4H3. The van der Waals surface area contributed by atoms with Gasteiger partial charge in [0.25, 0.3) is 5.91 Å². The summed E-state index contributed by atoms with van der Waals surface area (Å²) in [5.74, 6) is 0.932. The van der Waals surface area contributed by atoms with Crippen LogP contribution in [0.4, 0.5) is 0 Å². The molecule has 0 unspecified atom stereocenters. The summed E-state index contributed by atoms with van der Waals surface area (Å²) in [5.41, 5.74) is 5.70. The molecular formula is C22H26N4O2. The number of nitrogens with zero attached hydrogens (tertiary/aromatic N) is 4. The van der Waals surface area contributed by atoms with Crippen LogP contribution in [0.3, 0.4) is 0 Å². The molecule has 1 saturated heterocycles. The highest BCUT2D eigenvalue weighted by Gasteiger charge is 2.22. The maximum absolute atomic E-state index is 12.8. The minimum atomic E-state index is 0.00878. The van der Waals surface area contributed by atoms with Gasteiger partial charge in [-0.05, 0) is 67.4 Å². The summed E-state index contributed by atoms with van der Waals surface area (Å²) < 4.78 is 7.41. The Morgan fingerprint density at radius 1 is 1.00 bits per heavy atom. The molecule has 4 rings (SSSR count). The first-order chi connectivity index (χ1) is 13.5. The molecule has 0 atom stereocenters. The van der Waals surface area contributed by atoms with E-state index < -0.39 is 0 Å². The molecule has 28 heavy (non-hydrogen) atoms. The Hall–Kier alpha value is -2.86. The number of likely N-dealkylation sites (N-methyl/N-ethyl adjacent to an activating group) is 1. The number of hydrogen-bond donors (Lipinski definition) is 0. The van der Waals surface area contributed by atoms with Crippen molar-refractivity contribution in [1.29, 1.82) is 0 Å². The fourth-order valence-electron chi connectivity index (χ4n) is 3.88. The molecule has 3 heterocycles. The zero-order valence-electron chi connectivity index (χ0n) is 16.9. The predicted molar refractivity (Wildman–Crippen MR) is 110 cm³/mol. The third-order valence-corrected chi connectivity index (χ3v) is 5.46. The molecule has 0 bridgehead atoms. The van der Waals surface area contributed by atoms with E-state index in [0.717, 1.165) is 59.8 Å². The van der Waals surface area contributed by atoms with Crippen molar-refractivity contribution in [3.05, 3.63) is 53.5 Å². The Morgan fingerprint density at radius 3 is 2.32 bits per heavy atom. The zero-order valence-corrected chi connectivity index (χ0v) is 16.9. The van der Waals surface area contributed by atoms with Crippen LogP contribution in [-0.4, -0.2) is 65.4 Å². The van der Waals surface area contributed by atoms with E-state index in [0.29, 0.717) is 5.69 Å². The molecular weight excluding hydrogens is 352 g/mol. The maximum atomic E-state index is 12.8. The number of methoxy groups -OCH3 is 1. The zero-order chi connectivity index (χ0) is 19.8. The number of ether oxygens (including phenoxy) is 1. The van der Waals surface area contributed by atoms with E-state index in [1.807, 2.05) is 33.8 Å². The van der Waals surface area contributed by atoms with Gasteiger partial charge in [0.15, 0.2) is 0 Å². The van der Waals surface area contributed by atoms with Crippen LogP contribution in [0.5, 0.6) is 5.75 Å². The lowest BCUT2D eigenvalue weighted by Crippen LogP contribution is -2.47. The Kier molecular flexibility index (Phi) is 4.81. The SMILES string of the molecule is COc1c(C)cc(-c2ccc3nc(C(=O)N4CCN(C)CC4)cn3c2)cc1C. The monoisotopic (exact) mass is 378 g/mol. The quantitative estimate of drug-likeness (QED) is 0.703. The molecule has 1 aliphatic heterocycles. The van der Waals surface area contributed by atoms with E-state index in [1.165, 1.54) is 0 Å². The number of benzene rings is 1. The second-order valence-electron chi connectivity index (χ2n) is 7.55. The molecule has 1 aliphatic rings. The second kappa shape index (κ2) is 7.28. The summed E-state index contributed by atoms with van der Waals surface area (Å²) in [7, 11) is 3.78.